The topological polar surface area (TPSA) is 110 Å². The average Bonchev–Trinajstić information content (AvgIpc) is 3.19. The van der Waals surface area contributed by atoms with E-state index in [1.54, 1.807) is 6.20 Å². The molecule has 2 aromatic heterocycles. The van der Waals surface area contributed by atoms with Crippen LogP contribution in [0.1, 0.15) is 52.5 Å². The molecule has 4 rings (SSSR count). The van der Waals surface area contributed by atoms with Gasteiger partial charge in [-0.25, -0.2) is 4.98 Å². The van der Waals surface area contributed by atoms with Crippen LogP contribution in [-0.2, 0) is 37.0 Å². The smallest absolute Gasteiger partial charge is 0.268 e. The van der Waals surface area contributed by atoms with E-state index in [1.165, 1.54) is 24.1 Å². The summed E-state index contributed by atoms with van der Waals surface area (Å²) in [5, 5.41) is 7.57. The Morgan fingerprint density at radius 3 is 2.85 bits per heavy atom. The van der Waals surface area contributed by atoms with Crippen molar-refractivity contribution in [3.63, 3.8) is 0 Å². The van der Waals surface area contributed by atoms with E-state index in [0.717, 1.165) is 24.4 Å². The van der Waals surface area contributed by atoms with Crippen LogP contribution in [0.5, 0.6) is 0 Å². The third kappa shape index (κ3) is 3.23. The lowest BCUT2D eigenvalue weighted by atomic mass is 9.94. The number of aromatic amines is 1. The van der Waals surface area contributed by atoms with Crippen molar-refractivity contribution >= 4 is 11.8 Å². The Kier molecular flexibility index (Phi) is 4.48. The monoisotopic (exact) mass is 356 g/mol. The van der Waals surface area contributed by atoms with Gasteiger partial charge in [0, 0.05) is 50.8 Å². The zero-order chi connectivity index (χ0) is 18.1. The molecule has 1 aliphatic heterocycles. The maximum Gasteiger partial charge on any atom is 0.268 e. The molecule has 0 spiro atoms. The number of carbonyl (C=O) groups is 2. The van der Waals surface area contributed by atoms with Gasteiger partial charge in [-0.1, -0.05) is 0 Å². The third-order valence-corrected chi connectivity index (χ3v) is 5.40. The average molecular weight is 356 g/mol. The van der Waals surface area contributed by atoms with Crippen molar-refractivity contribution in [2.45, 2.75) is 51.5 Å². The molecular formula is C18H24N6O2. The zero-order valence-electron chi connectivity index (χ0n) is 14.8. The van der Waals surface area contributed by atoms with Gasteiger partial charge in [-0.3, -0.25) is 14.7 Å². The summed E-state index contributed by atoms with van der Waals surface area (Å²) in [4.78, 5) is 30.1. The van der Waals surface area contributed by atoms with Gasteiger partial charge in [0.1, 0.15) is 11.5 Å². The molecule has 2 aliphatic rings. The van der Waals surface area contributed by atoms with Gasteiger partial charge in [0.15, 0.2) is 0 Å². The molecular weight excluding hydrogens is 332 g/mol. The number of imidazole rings is 1. The maximum absolute atomic E-state index is 12.6. The van der Waals surface area contributed by atoms with Crippen molar-refractivity contribution in [3.05, 3.63) is 34.7 Å². The Labute approximate surface area is 151 Å². The predicted octanol–water partition coefficient (Wildman–Crippen LogP) is 0.601. The fraction of sp³-hybridized carbons (Fsp3) is 0.556. The molecule has 0 unspecified atom stereocenters. The van der Waals surface area contributed by atoms with E-state index in [0.29, 0.717) is 44.6 Å². The van der Waals surface area contributed by atoms with Gasteiger partial charge in [-0.05, 0) is 31.2 Å². The number of hydrogen-bond donors (Lipinski definition) is 2. The number of H-pyrrole nitrogens is 1. The minimum Gasteiger partial charge on any atom is -0.364 e. The molecule has 138 valence electrons. The van der Waals surface area contributed by atoms with Gasteiger partial charge >= 0.3 is 0 Å². The predicted molar refractivity (Wildman–Crippen MR) is 94.6 cm³/mol. The summed E-state index contributed by atoms with van der Waals surface area (Å²) in [6.07, 6.45) is 8.05. The quantitative estimate of drug-likeness (QED) is 0.836. The molecule has 0 saturated heterocycles. The summed E-state index contributed by atoms with van der Waals surface area (Å²) in [6.45, 7) is 1.88. The highest BCUT2D eigenvalue weighted by molar-refractivity contribution is 5.90. The van der Waals surface area contributed by atoms with E-state index in [4.69, 9.17) is 5.73 Å². The fourth-order valence-electron chi connectivity index (χ4n) is 3.93. The van der Waals surface area contributed by atoms with Crippen molar-refractivity contribution in [3.8, 4) is 0 Å². The van der Waals surface area contributed by atoms with Crippen molar-refractivity contribution < 1.29 is 9.59 Å². The first-order valence-corrected chi connectivity index (χ1v) is 9.30. The van der Waals surface area contributed by atoms with E-state index in [-0.39, 0.29) is 5.91 Å². The lowest BCUT2D eigenvalue weighted by molar-refractivity contribution is -0.131. The van der Waals surface area contributed by atoms with Crippen LogP contribution in [0, 0.1) is 0 Å². The van der Waals surface area contributed by atoms with Crippen LogP contribution in [0.2, 0.25) is 0 Å². The third-order valence-electron chi connectivity index (χ3n) is 5.40. The minimum atomic E-state index is -0.513. The number of aryl methyl sites for hydroxylation is 2. The molecule has 1 aliphatic carbocycles. The van der Waals surface area contributed by atoms with E-state index >= 15 is 0 Å². The number of nitrogens with two attached hydrogens (primary N) is 1. The number of hydrogen-bond acceptors (Lipinski definition) is 4. The van der Waals surface area contributed by atoms with E-state index in [9.17, 15) is 9.59 Å². The van der Waals surface area contributed by atoms with Gasteiger partial charge in [0.05, 0.1) is 5.69 Å². The van der Waals surface area contributed by atoms with Crippen LogP contribution < -0.4 is 5.73 Å². The largest absolute Gasteiger partial charge is 0.364 e. The number of fused-ring (bicyclic) bond motifs is 2. The first-order valence-electron chi connectivity index (χ1n) is 9.30. The van der Waals surface area contributed by atoms with E-state index < -0.39 is 5.91 Å². The molecule has 8 nitrogen and oxygen atoms in total. The second kappa shape index (κ2) is 6.93. The Morgan fingerprint density at radius 1 is 1.15 bits per heavy atom. The Bertz CT molecular complexity index is 811. The minimum absolute atomic E-state index is 0.151. The molecule has 3 heterocycles. The highest BCUT2D eigenvalue weighted by Crippen LogP contribution is 2.23. The zero-order valence-corrected chi connectivity index (χ0v) is 14.8. The van der Waals surface area contributed by atoms with Crippen LogP contribution in [0.3, 0.4) is 0 Å². The molecule has 3 N–H and O–H groups in total. The van der Waals surface area contributed by atoms with Crippen molar-refractivity contribution in [2.24, 2.45) is 5.73 Å². The number of primary amides is 1. The van der Waals surface area contributed by atoms with E-state index in [1.807, 2.05) is 9.47 Å². The SMILES string of the molecule is NC(=O)c1cn2c(n1)CCN(C(=O)CCc1n[nH]c3c1CCCC3)CC2. The van der Waals surface area contributed by atoms with Gasteiger partial charge in [-0.2, -0.15) is 5.10 Å². The van der Waals surface area contributed by atoms with Gasteiger partial charge < -0.3 is 15.2 Å². The molecule has 0 aromatic carbocycles. The number of rotatable bonds is 4. The lowest BCUT2D eigenvalue weighted by Gasteiger charge is -2.20. The van der Waals surface area contributed by atoms with Gasteiger partial charge in [0.2, 0.25) is 5.91 Å². The maximum atomic E-state index is 12.6. The molecule has 0 atom stereocenters. The van der Waals surface area contributed by atoms with Crippen LogP contribution >= 0.6 is 0 Å². The standard InChI is InChI=1S/C18H24N6O2/c19-18(26)15-11-24-10-9-23(8-7-16(24)20-15)17(25)6-5-14-12-3-1-2-4-13(12)21-22-14/h11H,1-10H2,(H2,19,26)(H,21,22). The Balaban J connectivity index is 1.35. The number of nitrogens with one attached hydrogen (secondary N) is 1. The summed E-state index contributed by atoms with van der Waals surface area (Å²) >= 11 is 0. The van der Waals surface area contributed by atoms with Crippen LogP contribution in [0.15, 0.2) is 6.20 Å². The summed E-state index contributed by atoms with van der Waals surface area (Å²) in [5.74, 6) is 0.453. The van der Waals surface area contributed by atoms with Gasteiger partial charge in [-0.15, -0.1) is 0 Å². The van der Waals surface area contributed by atoms with Crippen molar-refractivity contribution in [2.75, 3.05) is 13.1 Å². The molecule has 8 heteroatoms. The summed E-state index contributed by atoms with van der Waals surface area (Å²) in [5.41, 5.74) is 9.23. The number of aromatic nitrogens is 4. The molecule has 0 bridgehead atoms. The van der Waals surface area contributed by atoms with Crippen LogP contribution in [-0.4, -0.2) is 49.6 Å². The number of nitrogens with zero attached hydrogens (tertiary/aromatic N) is 4. The number of amides is 2. The second-order valence-corrected chi connectivity index (χ2v) is 7.07. The summed E-state index contributed by atoms with van der Waals surface area (Å²) in [7, 11) is 0. The highest BCUT2D eigenvalue weighted by atomic mass is 16.2. The molecule has 26 heavy (non-hydrogen) atoms. The lowest BCUT2D eigenvalue weighted by Crippen LogP contribution is -2.33. The molecule has 2 aromatic rings. The molecule has 0 fully saturated rings. The van der Waals surface area contributed by atoms with E-state index in [2.05, 4.69) is 15.2 Å². The summed E-state index contributed by atoms with van der Waals surface area (Å²) in [6, 6.07) is 0. The molecule has 2 amide bonds. The fourth-order valence-corrected chi connectivity index (χ4v) is 3.93. The highest BCUT2D eigenvalue weighted by Gasteiger charge is 2.22. The van der Waals surface area contributed by atoms with Crippen molar-refractivity contribution in [1.82, 2.24) is 24.6 Å². The first-order chi connectivity index (χ1) is 12.6. The van der Waals surface area contributed by atoms with Gasteiger partial charge in [0.25, 0.3) is 5.91 Å². The molecule has 0 radical (unpaired) electrons. The normalized spacial score (nSPS) is 16.7. The molecule has 0 saturated carbocycles. The van der Waals surface area contributed by atoms with Crippen LogP contribution in [0.4, 0.5) is 0 Å². The summed E-state index contributed by atoms with van der Waals surface area (Å²) < 4.78 is 1.93. The Hall–Kier alpha value is -2.64. The Morgan fingerprint density at radius 2 is 2.00 bits per heavy atom. The second-order valence-electron chi connectivity index (χ2n) is 7.07. The number of carbonyl (C=O) groups excluding carboxylic acids is 2. The van der Waals surface area contributed by atoms with Crippen molar-refractivity contribution in [1.29, 1.82) is 0 Å². The van der Waals surface area contributed by atoms with Crippen LogP contribution in [0.25, 0.3) is 0 Å². The first kappa shape index (κ1) is 16.8.